The van der Waals surface area contributed by atoms with Gasteiger partial charge in [-0.05, 0) is 62.0 Å². The number of benzene rings is 1. The number of anilines is 1. The molecule has 0 aliphatic carbocycles. The van der Waals surface area contributed by atoms with Crippen molar-refractivity contribution in [1.29, 1.82) is 0 Å². The molecular weight excluding hydrogens is 617 g/mol. The number of fused-ring (bicyclic) bond motifs is 1. The largest absolute Gasteiger partial charge is 0.460 e. The number of hydrogen-bond acceptors (Lipinski definition) is 8. The van der Waals surface area contributed by atoms with Crippen LogP contribution in [0.15, 0.2) is 10.5 Å². The van der Waals surface area contributed by atoms with Gasteiger partial charge in [0.05, 0.1) is 15.8 Å². The molecule has 2 aromatic rings. The summed E-state index contributed by atoms with van der Waals surface area (Å²) in [6, 6.07) is 1.68. The summed E-state index contributed by atoms with van der Waals surface area (Å²) in [5, 5.41) is 0.681. The lowest BCUT2D eigenvalue weighted by molar-refractivity contribution is -0.0266. The highest BCUT2D eigenvalue weighted by Gasteiger charge is 2.51. The van der Waals surface area contributed by atoms with Crippen LogP contribution in [0.25, 0.3) is 10.9 Å². The van der Waals surface area contributed by atoms with E-state index >= 15 is 4.39 Å². The smallest absolute Gasteiger partial charge is 0.410 e. The summed E-state index contributed by atoms with van der Waals surface area (Å²) in [6.07, 6.45) is 2.36. The van der Waals surface area contributed by atoms with Crippen molar-refractivity contribution in [1.82, 2.24) is 19.2 Å². The van der Waals surface area contributed by atoms with Crippen molar-refractivity contribution in [2.24, 2.45) is 5.41 Å². The van der Waals surface area contributed by atoms with Crippen molar-refractivity contribution >= 4 is 60.4 Å². The van der Waals surface area contributed by atoms with Gasteiger partial charge in [-0.3, -0.25) is 0 Å². The Kier molecular flexibility index (Phi) is 7.43. The van der Waals surface area contributed by atoms with E-state index < -0.39 is 21.4 Å². The number of carbonyl (C=O) groups is 1. The average Bonchev–Trinajstić information content (AvgIpc) is 3.26. The first-order valence-electron chi connectivity index (χ1n) is 12.8. The molecule has 4 heterocycles. The van der Waals surface area contributed by atoms with E-state index in [1.807, 2.05) is 20.8 Å². The van der Waals surface area contributed by atoms with Gasteiger partial charge in [-0.1, -0.05) is 11.6 Å². The summed E-state index contributed by atoms with van der Waals surface area (Å²) in [4.78, 5) is 25.3. The molecule has 0 radical (unpaired) electrons. The van der Waals surface area contributed by atoms with E-state index in [1.54, 1.807) is 11.0 Å². The summed E-state index contributed by atoms with van der Waals surface area (Å²) in [5.74, 6) is -0.0870. The zero-order chi connectivity index (χ0) is 28.3. The van der Waals surface area contributed by atoms with Gasteiger partial charge in [0, 0.05) is 50.1 Å². The van der Waals surface area contributed by atoms with E-state index in [0.29, 0.717) is 63.3 Å². The zero-order valence-corrected chi connectivity index (χ0v) is 25.5. The number of hydrogen-bond donors (Lipinski definition) is 0. The van der Waals surface area contributed by atoms with E-state index in [1.165, 1.54) is 10.6 Å². The van der Waals surface area contributed by atoms with Crippen LogP contribution in [0.2, 0.25) is 5.02 Å². The summed E-state index contributed by atoms with van der Waals surface area (Å²) in [6.45, 7) is 8.63. The molecule has 0 atom stereocenters. The first-order valence-corrected chi connectivity index (χ1v) is 15.9. The van der Waals surface area contributed by atoms with Crippen LogP contribution in [0.3, 0.4) is 0 Å². The number of carbonyl (C=O) groups excluding carboxylic acids is 1. The van der Waals surface area contributed by atoms with E-state index in [-0.39, 0.29) is 38.6 Å². The number of halogens is 3. The maximum absolute atomic E-state index is 15.3. The predicted octanol–water partition coefficient (Wildman–Crippen LogP) is 4.43. The van der Waals surface area contributed by atoms with Crippen LogP contribution >= 0.6 is 27.5 Å². The second kappa shape index (κ2) is 10.1. The number of nitrogens with zero attached hydrogens (tertiary/aromatic N) is 5. The summed E-state index contributed by atoms with van der Waals surface area (Å²) >= 11 is 9.52. The fourth-order valence-corrected chi connectivity index (χ4v) is 6.82. The monoisotopic (exact) mass is 647 g/mol. The molecule has 1 amide bonds. The first-order chi connectivity index (χ1) is 18.1. The number of aromatic nitrogens is 2. The van der Waals surface area contributed by atoms with Crippen molar-refractivity contribution < 1.29 is 27.1 Å². The first kappa shape index (κ1) is 28.6. The molecule has 5 rings (SSSR count). The SMILES string of the molecule is CC(C)(C)OC(=O)N1CC2(CCN(c3nc(OC4CCN(S(C)(=O)=O)CC4)nc4c(F)c(Br)c(Cl)cc34)C2)C1. The molecule has 3 aliphatic heterocycles. The molecular formula is C25H32BrClFN5O5S. The topological polar surface area (TPSA) is 105 Å². The van der Waals surface area contributed by atoms with E-state index in [4.69, 9.17) is 26.1 Å². The number of likely N-dealkylation sites (tertiary alicyclic amines) is 1. The Morgan fingerprint density at radius 1 is 1.18 bits per heavy atom. The molecule has 0 unspecified atom stereocenters. The van der Waals surface area contributed by atoms with Gasteiger partial charge in [-0.25, -0.2) is 21.9 Å². The highest BCUT2D eigenvalue weighted by Crippen LogP contribution is 2.44. The van der Waals surface area contributed by atoms with Gasteiger partial charge in [-0.15, -0.1) is 0 Å². The van der Waals surface area contributed by atoms with Crippen LogP contribution in [-0.4, -0.2) is 90.9 Å². The fourth-order valence-electron chi connectivity index (χ4n) is 5.45. The standard InChI is InChI=1S/C25H32BrClFN5O5S/c1-24(2,3)38-23(34)32-13-25(14-32)7-10-31(12-25)21-16-11-17(27)18(26)19(28)20(16)29-22(30-21)37-15-5-8-33(9-6-15)39(4,35)36/h11,15H,5-10,12-14H2,1-4H3. The van der Waals surface area contributed by atoms with Gasteiger partial charge in [0.1, 0.15) is 23.0 Å². The fraction of sp³-hybridized carbons (Fsp3) is 0.640. The lowest BCUT2D eigenvalue weighted by Gasteiger charge is -2.47. The quantitative estimate of drug-likeness (QED) is 0.449. The van der Waals surface area contributed by atoms with Gasteiger partial charge in [0.2, 0.25) is 10.0 Å². The van der Waals surface area contributed by atoms with Gasteiger partial charge in [0.25, 0.3) is 0 Å². The van der Waals surface area contributed by atoms with Crippen molar-refractivity contribution in [3.63, 3.8) is 0 Å². The van der Waals surface area contributed by atoms with Crippen molar-refractivity contribution in [3.8, 4) is 6.01 Å². The average molecular weight is 649 g/mol. The summed E-state index contributed by atoms with van der Waals surface area (Å²) < 4.78 is 52.2. The Balaban J connectivity index is 1.38. The summed E-state index contributed by atoms with van der Waals surface area (Å²) in [5.41, 5.74) is -0.577. The molecule has 14 heteroatoms. The van der Waals surface area contributed by atoms with E-state index in [9.17, 15) is 13.2 Å². The van der Waals surface area contributed by atoms with E-state index in [2.05, 4.69) is 25.8 Å². The number of piperidine rings is 1. The predicted molar refractivity (Wildman–Crippen MR) is 149 cm³/mol. The second-order valence-corrected chi connectivity index (χ2v) is 14.9. The molecule has 1 spiro atoms. The second-order valence-electron chi connectivity index (χ2n) is 11.7. The Labute approximate surface area is 241 Å². The molecule has 0 bridgehead atoms. The van der Waals surface area contributed by atoms with Crippen LogP contribution in [0.5, 0.6) is 6.01 Å². The van der Waals surface area contributed by atoms with Gasteiger partial charge < -0.3 is 19.3 Å². The normalized spacial score (nSPS) is 20.5. The molecule has 0 saturated carbocycles. The molecule has 214 valence electrons. The zero-order valence-electron chi connectivity index (χ0n) is 22.3. The molecule has 39 heavy (non-hydrogen) atoms. The van der Waals surface area contributed by atoms with Crippen LogP contribution < -0.4 is 9.64 Å². The minimum Gasteiger partial charge on any atom is -0.460 e. The number of ether oxygens (including phenoxy) is 2. The molecule has 3 saturated heterocycles. The third kappa shape index (κ3) is 5.91. The lowest BCUT2D eigenvalue weighted by atomic mass is 9.79. The van der Waals surface area contributed by atoms with Gasteiger partial charge >= 0.3 is 12.1 Å². The Bertz CT molecular complexity index is 1410. The van der Waals surface area contributed by atoms with Gasteiger partial charge in [-0.2, -0.15) is 9.97 Å². The number of sulfonamides is 1. The minimum atomic E-state index is -3.27. The molecule has 3 fully saturated rings. The van der Waals surface area contributed by atoms with Crippen molar-refractivity contribution in [2.45, 2.75) is 51.7 Å². The highest BCUT2D eigenvalue weighted by molar-refractivity contribution is 9.10. The van der Waals surface area contributed by atoms with Crippen LogP contribution in [0, 0.1) is 11.2 Å². The Morgan fingerprint density at radius 2 is 1.85 bits per heavy atom. The maximum atomic E-state index is 15.3. The number of amides is 1. The van der Waals surface area contributed by atoms with Crippen LogP contribution in [-0.2, 0) is 14.8 Å². The minimum absolute atomic E-state index is 0.0355. The van der Waals surface area contributed by atoms with Crippen molar-refractivity contribution in [3.05, 3.63) is 21.4 Å². The molecule has 1 aromatic heterocycles. The number of rotatable bonds is 4. The molecule has 0 N–H and O–H groups in total. The Morgan fingerprint density at radius 3 is 2.46 bits per heavy atom. The lowest BCUT2D eigenvalue weighted by Crippen LogP contribution is -2.60. The van der Waals surface area contributed by atoms with Crippen LogP contribution in [0.4, 0.5) is 15.0 Å². The third-order valence-electron chi connectivity index (χ3n) is 7.37. The van der Waals surface area contributed by atoms with Gasteiger partial charge in [0.15, 0.2) is 5.82 Å². The maximum Gasteiger partial charge on any atom is 0.410 e. The molecule has 1 aromatic carbocycles. The molecule has 3 aliphatic rings. The van der Waals surface area contributed by atoms with Crippen molar-refractivity contribution in [2.75, 3.05) is 50.4 Å². The molecule has 10 nitrogen and oxygen atoms in total. The highest BCUT2D eigenvalue weighted by atomic mass is 79.9. The Hall–Kier alpha value is -1.96. The van der Waals surface area contributed by atoms with Crippen LogP contribution in [0.1, 0.15) is 40.0 Å². The third-order valence-corrected chi connectivity index (χ3v) is 9.98. The van der Waals surface area contributed by atoms with E-state index in [0.717, 1.165) is 6.42 Å². The summed E-state index contributed by atoms with van der Waals surface area (Å²) in [7, 11) is -3.27.